The normalized spacial score (nSPS) is 10.7. The monoisotopic (exact) mass is 429 g/mol. The molecule has 3 aromatic heterocycles. The molecule has 142 valence electrons. The number of carbonyl (C=O) groups is 1. The van der Waals surface area contributed by atoms with Crippen molar-refractivity contribution < 1.29 is 9.21 Å². The Morgan fingerprint density at radius 2 is 2.00 bits per heavy atom. The van der Waals surface area contributed by atoms with Gasteiger partial charge in [0.2, 0.25) is 11.0 Å². The second-order valence-electron chi connectivity index (χ2n) is 5.55. The molecule has 0 radical (unpaired) electrons. The van der Waals surface area contributed by atoms with Gasteiger partial charge in [-0.3, -0.25) is 4.79 Å². The van der Waals surface area contributed by atoms with Crippen LogP contribution in [0.15, 0.2) is 62.9 Å². The van der Waals surface area contributed by atoms with Crippen LogP contribution in [0, 0.1) is 0 Å². The first-order valence-corrected chi connectivity index (χ1v) is 11.0. The fourth-order valence-electron chi connectivity index (χ4n) is 2.27. The van der Waals surface area contributed by atoms with Crippen molar-refractivity contribution in [2.45, 2.75) is 10.9 Å². The molecular formula is C18H15N5O2S3. The van der Waals surface area contributed by atoms with Gasteiger partial charge in [0.15, 0.2) is 9.47 Å². The molecule has 4 aromatic rings. The summed E-state index contributed by atoms with van der Waals surface area (Å²) >= 11 is 4.15. The van der Waals surface area contributed by atoms with Crippen LogP contribution in [-0.2, 0) is 11.3 Å². The molecule has 0 aliphatic carbocycles. The molecule has 0 atom stereocenters. The summed E-state index contributed by atoms with van der Waals surface area (Å²) < 4.78 is 5.98. The fourth-order valence-corrected chi connectivity index (χ4v) is 4.55. The minimum absolute atomic E-state index is 0.126. The van der Waals surface area contributed by atoms with E-state index in [0.29, 0.717) is 16.8 Å². The van der Waals surface area contributed by atoms with Crippen LogP contribution in [0.3, 0.4) is 0 Å². The topological polar surface area (TPSA) is 92.9 Å². The average Bonchev–Trinajstić information content (AvgIpc) is 3.47. The summed E-state index contributed by atoms with van der Waals surface area (Å²) in [4.78, 5) is 16.6. The highest BCUT2D eigenvalue weighted by Crippen LogP contribution is 2.27. The lowest BCUT2D eigenvalue weighted by molar-refractivity contribution is -0.113. The van der Waals surface area contributed by atoms with Gasteiger partial charge < -0.3 is 15.1 Å². The summed E-state index contributed by atoms with van der Waals surface area (Å²) in [7, 11) is 0. The van der Waals surface area contributed by atoms with Crippen molar-refractivity contribution in [3.8, 4) is 11.3 Å². The van der Waals surface area contributed by atoms with Gasteiger partial charge >= 0.3 is 0 Å². The lowest BCUT2D eigenvalue weighted by atomic mass is 10.2. The zero-order chi connectivity index (χ0) is 19.2. The molecule has 0 aliphatic rings. The highest BCUT2D eigenvalue weighted by molar-refractivity contribution is 8.01. The maximum atomic E-state index is 12.2. The zero-order valence-corrected chi connectivity index (χ0v) is 16.9. The van der Waals surface area contributed by atoms with E-state index in [0.717, 1.165) is 21.4 Å². The van der Waals surface area contributed by atoms with Crippen LogP contribution in [0.5, 0.6) is 0 Å². The Morgan fingerprint density at radius 1 is 1.11 bits per heavy atom. The van der Waals surface area contributed by atoms with Gasteiger partial charge in [-0.15, -0.1) is 21.5 Å². The molecule has 1 amide bonds. The number of rotatable bonds is 8. The molecule has 0 unspecified atom stereocenters. The molecule has 7 nitrogen and oxygen atoms in total. The molecule has 28 heavy (non-hydrogen) atoms. The van der Waals surface area contributed by atoms with Crippen molar-refractivity contribution in [2.75, 3.05) is 16.4 Å². The van der Waals surface area contributed by atoms with Crippen molar-refractivity contribution in [1.82, 2.24) is 15.2 Å². The van der Waals surface area contributed by atoms with E-state index in [1.165, 1.54) is 34.4 Å². The number of benzene rings is 1. The Kier molecular flexibility index (Phi) is 6.00. The van der Waals surface area contributed by atoms with Crippen LogP contribution < -0.4 is 10.6 Å². The minimum atomic E-state index is -0.126. The van der Waals surface area contributed by atoms with Crippen LogP contribution >= 0.6 is 34.4 Å². The third-order valence-corrected chi connectivity index (χ3v) is 6.32. The van der Waals surface area contributed by atoms with Gasteiger partial charge in [-0.1, -0.05) is 53.4 Å². The smallest absolute Gasteiger partial charge is 0.236 e. The zero-order valence-electron chi connectivity index (χ0n) is 14.5. The first-order valence-electron chi connectivity index (χ1n) is 8.29. The summed E-state index contributed by atoms with van der Waals surface area (Å²) in [5, 5.41) is 17.3. The van der Waals surface area contributed by atoms with Crippen LogP contribution in [0.2, 0.25) is 0 Å². The number of nitrogens with one attached hydrogen (secondary N) is 2. The fraction of sp³-hybridized carbons (Fsp3) is 0.111. The summed E-state index contributed by atoms with van der Waals surface area (Å²) in [6.45, 7) is 0.542. The van der Waals surface area contributed by atoms with Gasteiger partial charge in [-0.05, 0) is 12.1 Å². The number of carbonyl (C=O) groups excluding carboxylic acids is 1. The first kappa shape index (κ1) is 18.7. The van der Waals surface area contributed by atoms with Crippen molar-refractivity contribution in [3.63, 3.8) is 0 Å². The molecule has 0 fully saturated rings. The molecule has 1 aromatic carbocycles. The maximum absolute atomic E-state index is 12.2. The second-order valence-corrected chi connectivity index (χ2v) is 8.60. The highest BCUT2D eigenvalue weighted by Gasteiger charge is 2.11. The summed E-state index contributed by atoms with van der Waals surface area (Å²) in [5.41, 5.74) is 1.88. The maximum Gasteiger partial charge on any atom is 0.236 e. The molecule has 2 N–H and O–H groups in total. The van der Waals surface area contributed by atoms with E-state index in [1.807, 2.05) is 47.8 Å². The molecule has 10 heteroatoms. The Hall–Kier alpha value is -2.69. The Bertz CT molecular complexity index is 1030. The number of anilines is 2. The van der Waals surface area contributed by atoms with Crippen molar-refractivity contribution in [3.05, 3.63) is 59.9 Å². The van der Waals surface area contributed by atoms with Gasteiger partial charge in [0.1, 0.15) is 5.76 Å². The van der Waals surface area contributed by atoms with E-state index in [2.05, 4.69) is 25.8 Å². The number of hydrogen-bond donors (Lipinski definition) is 2. The number of hydrogen-bond acceptors (Lipinski definition) is 9. The largest absolute Gasteiger partial charge is 0.467 e. The first-order chi connectivity index (χ1) is 13.8. The molecule has 0 saturated carbocycles. The lowest BCUT2D eigenvalue weighted by Gasteiger charge is -2.00. The minimum Gasteiger partial charge on any atom is -0.467 e. The molecular weight excluding hydrogens is 414 g/mol. The van der Waals surface area contributed by atoms with E-state index >= 15 is 0 Å². The van der Waals surface area contributed by atoms with Crippen molar-refractivity contribution in [1.29, 1.82) is 0 Å². The van der Waals surface area contributed by atoms with Crippen LogP contribution in [0.25, 0.3) is 11.3 Å². The van der Waals surface area contributed by atoms with E-state index in [-0.39, 0.29) is 11.7 Å². The summed E-state index contributed by atoms with van der Waals surface area (Å²) in [5.74, 6) is 0.939. The number of aromatic nitrogens is 3. The third-order valence-electron chi connectivity index (χ3n) is 3.55. The second kappa shape index (κ2) is 9.00. The number of furan rings is 1. The quantitative estimate of drug-likeness (QED) is 0.396. The van der Waals surface area contributed by atoms with Gasteiger partial charge in [0.25, 0.3) is 0 Å². The van der Waals surface area contributed by atoms with E-state index in [1.54, 1.807) is 6.26 Å². The van der Waals surface area contributed by atoms with Crippen LogP contribution in [0.1, 0.15) is 5.76 Å². The molecule has 4 rings (SSSR count). The molecule has 0 bridgehead atoms. The van der Waals surface area contributed by atoms with E-state index in [9.17, 15) is 4.79 Å². The van der Waals surface area contributed by atoms with Crippen LogP contribution in [-0.4, -0.2) is 26.8 Å². The number of nitrogens with zero attached hydrogens (tertiary/aromatic N) is 3. The van der Waals surface area contributed by atoms with Crippen LogP contribution in [0.4, 0.5) is 10.3 Å². The summed E-state index contributed by atoms with van der Waals surface area (Å²) in [6, 6.07) is 13.6. The number of thiazole rings is 1. The molecule has 0 saturated heterocycles. The SMILES string of the molecule is O=C(CSc1nnc(NCc2ccco2)s1)Nc1nc(-c2ccccc2)cs1. The van der Waals surface area contributed by atoms with Gasteiger partial charge in [-0.25, -0.2) is 4.98 Å². The molecule has 0 spiro atoms. The van der Waals surface area contributed by atoms with E-state index in [4.69, 9.17) is 4.42 Å². The number of thioether (sulfide) groups is 1. The standard InChI is InChI=1S/C18H15N5O2S3/c24-15(21-17-20-14(10-26-17)12-5-2-1-3-6-12)11-27-18-23-22-16(28-18)19-9-13-7-4-8-25-13/h1-8,10H,9,11H2,(H,19,22)(H,20,21,24). The van der Waals surface area contributed by atoms with Crippen molar-refractivity contribution >= 4 is 50.6 Å². The average molecular weight is 430 g/mol. The Balaban J connectivity index is 1.25. The van der Waals surface area contributed by atoms with Gasteiger partial charge in [-0.2, -0.15) is 0 Å². The predicted molar refractivity (Wildman–Crippen MR) is 113 cm³/mol. The van der Waals surface area contributed by atoms with Gasteiger partial charge in [0.05, 0.1) is 24.3 Å². The molecule has 0 aliphatic heterocycles. The Morgan fingerprint density at radius 3 is 2.82 bits per heavy atom. The highest BCUT2D eigenvalue weighted by atomic mass is 32.2. The predicted octanol–water partition coefficient (Wildman–Crippen LogP) is 4.60. The number of amides is 1. The lowest BCUT2D eigenvalue weighted by Crippen LogP contribution is -2.13. The van der Waals surface area contributed by atoms with Gasteiger partial charge in [0, 0.05) is 10.9 Å². The summed E-state index contributed by atoms with van der Waals surface area (Å²) in [6.07, 6.45) is 1.63. The Labute approximate surface area is 173 Å². The molecule has 3 heterocycles. The third kappa shape index (κ3) is 4.97. The van der Waals surface area contributed by atoms with E-state index < -0.39 is 0 Å². The van der Waals surface area contributed by atoms with Crippen molar-refractivity contribution in [2.24, 2.45) is 0 Å².